The van der Waals surface area contributed by atoms with Crippen LogP contribution in [0.25, 0.3) is 5.57 Å². The molecule has 10 heteroatoms. The van der Waals surface area contributed by atoms with E-state index >= 15 is 0 Å². The molecular weight excluding hydrogens is 453 g/mol. The molecule has 180 valence electrons. The van der Waals surface area contributed by atoms with Crippen LogP contribution in [0, 0.1) is 5.92 Å². The molecule has 0 spiro atoms. The van der Waals surface area contributed by atoms with Crippen molar-refractivity contribution in [2.45, 2.75) is 44.5 Å². The van der Waals surface area contributed by atoms with E-state index in [0.29, 0.717) is 19.6 Å². The first kappa shape index (κ1) is 25.3. The Morgan fingerprint density at radius 2 is 2.06 bits per heavy atom. The molecular formula is C23H29F3N4O2S. The quantitative estimate of drug-likeness (QED) is 0.314. The first-order valence-electron chi connectivity index (χ1n) is 10.6. The Hall–Kier alpha value is -2.30. The van der Waals surface area contributed by atoms with Crippen LogP contribution in [0.5, 0.6) is 0 Å². The number of thioether (sulfide) groups is 1. The van der Waals surface area contributed by atoms with Crippen LogP contribution in [0.15, 0.2) is 35.9 Å². The van der Waals surface area contributed by atoms with E-state index in [-0.39, 0.29) is 35.7 Å². The lowest BCUT2D eigenvalue weighted by Crippen LogP contribution is -2.56. The van der Waals surface area contributed by atoms with Crippen LogP contribution < -0.4 is 9.80 Å². The summed E-state index contributed by atoms with van der Waals surface area (Å²) in [7, 11) is 0. The topological polar surface area (TPSA) is 61.7 Å². The van der Waals surface area contributed by atoms with Gasteiger partial charge in [-0.25, -0.2) is 14.9 Å². The largest absolute Gasteiger partial charge is 0.434 e. The average Bonchev–Trinajstić information content (AvgIpc) is 2.78. The summed E-state index contributed by atoms with van der Waals surface area (Å²) in [4.78, 5) is 17.6. The van der Waals surface area contributed by atoms with Gasteiger partial charge in [0.1, 0.15) is 6.61 Å². The summed E-state index contributed by atoms with van der Waals surface area (Å²) >= 11 is 1.56. The van der Waals surface area contributed by atoms with E-state index in [1.165, 1.54) is 13.1 Å². The lowest BCUT2D eigenvalue weighted by Gasteiger charge is -2.44. The minimum Gasteiger partial charge on any atom is -0.368 e. The molecule has 1 aromatic heterocycles. The Balaban J connectivity index is 1.91. The Labute approximate surface area is 196 Å². The van der Waals surface area contributed by atoms with Crippen LogP contribution in [0.1, 0.15) is 37.6 Å². The Morgan fingerprint density at radius 1 is 1.33 bits per heavy atom. The highest BCUT2D eigenvalue weighted by molar-refractivity contribution is 7.98. The van der Waals surface area contributed by atoms with Gasteiger partial charge in [-0.1, -0.05) is 26.5 Å². The highest BCUT2D eigenvalue weighted by Crippen LogP contribution is 2.35. The van der Waals surface area contributed by atoms with Crippen LogP contribution in [0.3, 0.4) is 0 Å². The maximum Gasteiger partial charge on any atom is 0.434 e. The number of hydrogen-bond donors (Lipinski definition) is 1. The standard InChI is InChI=1S/C23H29F3N4O2S/c1-14(2)18-11-27-22(28-21(18)23(24,25)26)30-9-8-29(12-19(30)15(3)4)17-7-6-16(13-32-31)20(10-17)33-5/h6-7,10-11,15,19,31H,1,8-9,12-13H2,2-5H3. The molecule has 0 aliphatic carbocycles. The van der Waals surface area contributed by atoms with Gasteiger partial charge in [-0.3, -0.25) is 5.26 Å². The molecule has 1 unspecified atom stereocenters. The predicted molar refractivity (Wildman–Crippen MR) is 126 cm³/mol. The minimum absolute atomic E-state index is 0.0753. The van der Waals surface area contributed by atoms with Gasteiger partial charge >= 0.3 is 6.18 Å². The van der Waals surface area contributed by atoms with Gasteiger partial charge < -0.3 is 9.80 Å². The van der Waals surface area contributed by atoms with E-state index in [1.54, 1.807) is 11.8 Å². The molecule has 0 bridgehead atoms. The SMILES string of the molecule is C=C(C)c1cnc(N2CCN(c3ccc(COO)c(SC)c3)CC2C(C)C)nc1C(F)(F)F. The number of nitrogens with zero attached hydrogens (tertiary/aromatic N) is 4. The Morgan fingerprint density at radius 3 is 2.64 bits per heavy atom. The molecule has 3 rings (SSSR count). The smallest absolute Gasteiger partial charge is 0.368 e. The number of hydrogen-bond acceptors (Lipinski definition) is 7. The summed E-state index contributed by atoms with van der Waals surface area (Å²) in [5.74, 6) is 0.250. The number of alkyl halides is 3. The van der Waals surface area contributed by atoms with Gasteiger partial charge in [0, 0.05) is 42.0 Å². The van der Waals surface area contributed by atoms with Crippen molar-refractivity contribution in [3.05, 3.63) is 47.8 Å². The first-order valence-corrected chi connectivity index (χ1v) is 11.8. The molecule has 1 N–H and O–H groups in total. The van der Waals surface area contributed by atoms with Crippen molar-refractivity contribution in [2.24, 2.45) is 5.92 Å². The zero-order valence-corrected chi connectivity index (χ0v) is 20.0. The first-order chi connectivity index (χ1) is 15.6. The second kappa shape index (κ2) is 10.3. The number of allylic oxidation sites excluding steroid dienone is 1. The summed E-state index contributed by atoms with van der Waals surface area (Å²) in [6.45, 7) is 11.1. The van der Waals surface area contributed by atoms with Crippen molar-refractivity contribution in [2.75, 3.05) is 35.7 Å². The van der Waals surface area contributed by atoms with Gasteiger partial charge in [-0.05, 0) is 42.4 Å². The van der Waals surface area contributed by atoms with E-state index in [2.05, 4.69) is 26.3 Å². The third-order valence-electron chi connectivity index (χ3n) is 5.81. The lowest BCUT2D eigenvalue weighted by molar-refractivity contribution is -0.253. The highest BCUT2D eigenvalue weighted by Gasteiger charge is 2.38. The van der Waals surface area contributed by atoms with Crippen molar-refractivity contribution in [1.82, 2.24) is 9.97 Å². The van der Waals surface area contributed by atoms with Crippen LogP contribution in [-0.2, 0) is 17.7 Å². The number of halogens is 3. The van der Waals surface area contributed by atoms with Crippen LogP contribution >= 0.6 is 11.8 Å². The fourth-order valence-corrected chi connectivity index (χ4v) is 4.65. The second-order valence-corrected chi connectivity index (χ2v) is 9.28. The molecule has 0 saturated carbocycles. The van der Waals surface area contributed by atoms with E-state index in [0.717, 1.165) is 16.1 Å². The molecule has 1 atom stereocenters. The lowest BCUT2D eigenvalue weighted by atomic mass is 9.99. The zero-order chi connectivity index (χ0) is 24.3. The van der Waals surface area contributed by atoms with Crippen molar-refractivity contribution in [3.63, 3.8) is 0 Å². The number of anilines is 2. The monoisotopic (exact) mass is 482 g/mol. The maximum atomic E-state index is 13.7. The third kappa shape index (κ3) is 5.62. The van der Waals surface area contributed by atoms with E-state index in [4.69, 9.17) is 5.26 Å². The summed E-state index contributed by atoms with van der Waals surface area (Å²) in [5.41, 5.74) is 1.15. The predicted octanol–water partition coefficient (Wildman–Crippen LogP) is 5.59. The maximum absolute atomic E-state index is 13.7. The molecule has 6 nitrogen and oxygen atoms in total. The Bertz CT molecular complexity index is 1000. The zero-order valence-electron chi connectivity index (χ0n) is 19.2. The summed E-state index contributed by atoms with van der Waals surface area (Å²) < 4.78 is 41.0. The molecule has 1 aliphatic heterocycles. The highest BCUT2D eigenvalue weighted by atomic mass is 32.2. The summed E-state index contributed by atoms with van der Waals surface area (Å²) in [6.07, 6.45) is -1.40. The molecule has 1 fully saturated rings. The number of piperazine rings is 1. The van der Waals surface area contributed by atoms with Crippen molar-refractivity contribution in [1.29, 1.82) is 0 Å². The van der Waals surface area contributed by atoms with Crippen LogP contribution in [0.4, 0.5) is 24.8 Å². The van der Waals surface area contributed by atoms with Crippen molar-refractivity contribution in [3.8, 4) is 0 Å². The molecule has 1 aromatic carbocycles. The minimum atomic E-state index is -4.59. The molecule has 0 amide bonds. The summed E-state index contributed by atoms with van der Waals surface area (Å²) in [5, 5.41) is 8.80. The van der Waals surface area contributed by atoms with E-state index in [1.807, 2.05) is 43.2 Å². The van der Waals surface area contributed by atoms with Crippen molar-refractivity contribution < 1.29 is 23.3 Å². The van der Waals surface area contributed by atoms with Gasteiger partial charge in [-0.15, -0.1) is 11.8 Å². The normalized spacial score (nSPS) is 17.1. The Kier molecular flexibility index (Phi) is 7.92. The molecule has 2 aromatic rings. The van der Waals surface area contributed by atoms with E-state index in [9.17, 15) is 13.2 Å². The number of aromatic nitrogens is 2. The second-order valence-electron chi connectivity index (χ2n) is 8.43. The third-order valence-corrected chi connectivity index (χ3v) is 6.63. The van der Waals surface area contributed by atoms with E-state index < -0.39 is 11.9 Å². The van der Waals surface area contributed by atoms with Crippen molar-refractivity contribution >= 4 is 29.0 Å². The summed E-state index contributed by atoms with van der Waals surface area (Å²) in [6, 6.07) is 5.87. The molecule has 1 aliphatic rings. The number of benzene rings is 1. The fourth-order valence-electron chi connectivity index (χ4n) is 4.02. The van der Waals surface area contributed by atoms with Crippen LogP contribution in [0.2, 0.25) is 0 Å². The van der Waals surface area contributed by atoms with Crippen LogP contribution in [-0.4, -0.2) is 47.2 Å². The molecule has 1 saturated heterocycles. The fraction of sp³-hybridized carbons (Fsp3) is 0.478. The number of rotatable bonds is 7. The van der Waals surface area contributed by atoms with Gasteiger partial charge in [0.25, 0.3) is 0 Å². The van der Waals surface area contributed by atoms with Gasteiger partial charge in [0.2, 0.25) is 5.95 Å². The average molecular weight is 483 g/mol. The van der Waals surface area contributed by atoms with Gasteiger partial charge in [-0.2, -0.15) is 13.2 Å². The van der Waals surface area contributed by atoms with Gasteiger partial charge in [0.15, 0.2) is 5.69 Å². The molecule has 2 heterocycles. The van der Waals surface area contributed by atoms with Gasteiger partial charge in [0.05, 0.1) is 6.04 Å². The molecule has 0 radical (unpaired) electrons. The molecule has 33 heavy (non-hydrogen) atoms.